The Balaban J connectivity index is 1.19. The van der Waals surface area contributed by atoms with Crippen molar-refractivity contribution >= 4 is 43.2 Å². The molecule has 10 rings (SSSR count). The highest BCUT2D eigenvalue weighted by Gasteiger charge is 2.40. The molecule has 0 aliphatic heterocycles. The first-order valence-corrected chi connectivity index (χ1v) is 16.2. The molecule has 1 aromatic heterocycles. The van der Waals surface area contributed by atoms with Crippen molar-refractivity contribution in [1.29, 1.82) is 0 Å². The van der Waals surface area contributed by atoms with Crippen molar-refractivity contribution in [3.8, 4) is 39.2 Å². The van der Waals surface area contributed by atoms with Crippen molar-refractivity contribution in [2.24, 2.45) is 0 Å². The van der Waals surface area contributed by atoms with E-state index in [4.69, 9.17) is 0 Å². The minimum absolute atomic E-state index is 0.102. The fourth-order valence-corrected chi connectivity index (χ4v) is 8.37. The van der Waals surface area contributed by atoms with Crippen LogP contribution in [0.2, 0.25) is 0 Å². The SMILES string of the molecule is CC1(C)c2ccccc2-c2c1c1cc(-c3cc4ccc5cc(-c6ccccc6)cc6ccc(c3)c4c56)ccc1n2-c1ccccc1. The van der Waals surface area contributed by atoms with Gasteiger partial charge in [0.05, 0.1) is 11.2 Å². The summed E-state index contributed by atoms with van der Waals surface area (Å²) in [5.41, 5.74) is 12.9. The highest BCUT2D eigenvalue weighted by atomic mass is 15.0. The van der Waals surface area contributed by atoms with Gasteiger partial charge in [-0.1, -0.05) is 117 Å². The molecule has 8 aromatic carbocycles. The molecule has 0 spiro atoms. The van der Waals surface area contributed by atoms with Gasteiger partial charge in [0.2, 0.25) is 0 Å². The van der Waals surface area contributed by atoms with Crippen molar-refractivity contribution in [1.82, 2.24) is 4.57 Å². The number of fused-ring (bicyclic) bond motifs is 5. The lowest BCUT2D eigenvalue weighted by Crippen LogP contribution is -2.14. The molecule has 1 aliphatic carbocycles. The molecule has 1 heterocycles. The molecule has 0 saturated carbocycles. The van der Waals surface area contributed by atoms with Gasteiger partial charge in [0.25, 0.3) is 0 Å². The normalized spacial score (nSPS) is 13.6. The minimum atomic E-state index is -0.102. The monoisotopic (exact) mass is 585 g/mol. The van der Waals surface area contributed by atoms with Crippen LogP contribution in [-0.2, 0) is 5.41 Å². The Labute approximate surface area is 268 Å². The van der Waals surface area contributed by atoms with Crippen LogP contribution in [0.1, 0.15) is 25.0 Å². The Morgan fingerprint density at radius 3 is 1.63 bits per heavy atom. The third kappa shape index (κ3) is 3.46. The average molecular weight is 586 g/mol. The summed E-state index contributed by atoms with van der Waals surface area (Å²) in [4.78, 5) is 0. The van der Waals surface area contributed by atoms with E-state index in [0.29, 0.717) is 0 Å². The van der Waals surface area contributed by atoms with Gasteiger partial charge >= 0.3 is 0 Å². The molecular formula is C45H31N. The summed E-state index contributed by atoms with van der Waals surface area (Å²) in [6.07, 6.45) is 0. The Morgan fingerprint density at radius 1 is 0.457 bits per heavy atom. The second-order valence-corrected chi connectivity index (χ2v) is 13.4. The van der Waals surface area contributed by atoms with Crippen LogP contribution < -0.4 is 0 Å². The van der Waals surface area contributed by atoms with Crippen LogP contribution in [-0.4, -0.2) is 4.57 Å². The Morgan fingerprint density at radius 2 is 1.00 bits per heavy atom. The summed E-state index contributed by atoms with van der Waals surface area (Å²) in [6, 6.07) is 56.3. The third-order valence-corrected chi connectivity index (χ3v) is 10.4. The van der Waals surface area contributed by atoms with Crippen LogP contribution in [0.25, 0.3) is 82.4 Å². The van der Waals surface area contributed by atoms with E-state index in [9.17, 15) is 0 Å². The number of hydrogen-bond acceptors (Lipinski definition) is 0. The summed E-state index contributed by atoms with van der Waals surface area (Å²) in [7, 11) is 0. The van der Waals surface area contributed by atoms with Gasteiger partial charge in [0.15, 0.2) is 0 Å². The Hall–Kier alpha value is -5.66. The largest absolute Gasteiger partial charge is 0.309 e. The van der Waals surface area contributed by atoms with Crippen LogP contribution in [0.4, 0.5) is 0 Å². The molecule has 9 aromatic rings. The number of hydrogen-bond donors (Lipinski definition) is 0. The van der Waals surface area contributed by atoms with Gasteiger partial charge < -0.3 is 4.57 Å². The second kappa shape index (κ2) is 9.19. The number of benzene rings is 8. The van der Waals surface area contributed by atoms with E-state index in [2.05, 4.69) is 170 Å². The van der Waals surface area contributed by atoms with Crippen LogP contribution in [0, 0.1) is 0 Å². The maximum atomic E-state index is 2.48. The average Bonchev–Trinajstić information content (AvgIpc) is 3.57. The van der Waals surface area contributed by atoms with E-state index in [1.54, 1.807) is 0 Å². The molecular weight excluding hydrogens is 555 g/mol. The zero-order valence-corrected chi connectivity index (χ0v) is 25.9. The van der Waals surface area contributed by atoms with Gasteiger partial charge in [-0.2, -0.15) is 0 Å². The zero-order valence-electron chi connectivity index (χ0n) is 25.9. The quantitative estimate of drug-likeness (QED) is 0.182. The van der Waals surface area contributed by atoms with E-state index >= 15 is 0 Å². The summed E-state index contributed by atoms with van der Waals surface area (Å²) >= 11 is 0. The van der Waals surface area contributed by atoms with Gasteiger partial charge in [0, 0.05) is 22.1 Å². The molecule has 1 nitrogen and oxygen atoms in total. The summed E-state index contributed by atoms with van der Waals surface area (Å²) in [5.74, 6) is 0. The molecule has 216 valence electrons. The first kappa shape index (κ1) is 25.6. The van der Waals surface area contributed by atoms with E-state index in [1.165, 1.54) is 93.5 Å². The minimum Gasteiger partial charge on any atom is -0.309 e. The van der Waals surface area contributed by atoms with Gasteiger partial charge in [0.1, 0.15) is 0 Å². The smallest absolute Gasteiger partial charge is 0.0584 e. The lowest BCUT2D eigenvalue weighted by Gasteiger charge is -2.21. The van der Waals surface area contributed by atoms with E-state index in [-0.39, 0.29) is 5.41 Å². The van der Waals surface area contributed by atoms with Crippen molar-refractivity contribution in [2.45, 2.75) is 19.3 Å². The highest BCUT2D eigenvalue weighted by molar-refractivity contribution is 6.24. The molecule has 1 heteroatoms. The maximum absolute atomic E-state index is 2.48. The molecule has 0 atom stereocenters. The predicted octanol–water partition coefficient (Wildman–Crippen LogP) is 12.2. The molecule has 0 saturated heterocycles. The predicted molar refractivity (Wildman–Crippen MR) is 195 cm³/mol. The summed E-state index contributed by atoms with van der Waals surface area (Å²) in [5, 5.41) is 9.21. The molecule has 0 bridgehead atoms. The third-order valence-electron chi connectivity index (χ3n) is 10.4. The highest BCUT2D eigenvalue weighted by Crippen LogP contribution is 2.54. The number of nitrogens with zero attached hydrogens (tertiary/aromatic N) is 1. The van der Waals surface area contributed by atoms with Crippen molar-refractivity contribution in [2.75, 3.05) is 0 Å². The lowest BCUT2D eigenvalue weighted by atomic mass is 9.81. The number of aromatic nitrogens is 1. The van der Waals surface area contributed by atoms with Crippen LogP contribution >= 0.6 is 0 Å². The standard InChI is InChI=1S/C45H31N/c1-45(2)39-16-10-9-15-37(39)44-43(45)38-27-29(21-22-40(38)46(44)36-13-7-4-8-14-36)35-25-32-19-17-30-23-34(28-11-5-3-6-12-28)24-31-18-20-33(26-35)42(32)41(30)31/h3-27H,1-2H3. The fraction of sp³-hybridized carbons (Fsp3) is 0.0667. The zero-order chi connectivity index (χ0) is 30.6. The van der Waals surface area contributed by atoms with Crippen LogP contribution in [0.3, 0.4) is 0 Å². The summed E-state index contributed by atoms with van der Waals surface area (Å²) < 4.78 is 2.48. The molecule has 0 amide bonds. The summed E-state index contributed by atoms with van der Waals surface area (Å²) in [6.45, 7) is 4.77. The van der Waals surface area contributed by atoms with Crippen LogP contribution in [0.15, 0.2) is 152 Å². The second-order valence-electron chi connectivity index (χ2n) is 13.4. The van der Waals surface area contributed by atoms with Gasteiger partial charge in [-0.3, -0.25) is 0 Å². The first-order valence-electron chi connectivity index (χ1n) is 16.2. The van der Waals surface area contributed by atoms with Crippen LogP contribution in [0.5, 0.6) is 0 Å². The van der Waals surface area contributed by atoms with Gasteiger partial charge in [-0.05, 0) is 114 Å². The van der Waals surface area contributed by atoms with Gasteiger partial charge in [-0.15, -0.1) is 0 Å². The lowest BCUT2D eigenvalue weighted by molar-refractivity contribution is 0.666. The topological polar surface area (TPSA) is 4.93 Å². The first-order chi connectivity index (χ1) is 22.6. The number of rotatable bonds is 3. The molecule has 0 N–H and O–H groups in total. The van der Waals surface area contributed by atoms with Crippen molar-refractivity contribution in [3.63, 3.8) is 0 Å². The molecule has 0 unspecified atom stereocenters. The van der Waals surface area contributed by atoms with E-state index in [1.807, 2.05) is 0 Å². The van der Waals surface area contributed by atoms with Crippen molar-refractivity contribution < 1.29 is 0 Å². The molecule has 0 radical (unpaired) electrons. The van der Waals surface area contributed by atoms with E-state index < -0.39 is 0 Å². The van der Waals surface area contributed by atoms with Crippen molar-refractivity contribution in [3.05, 3.63) is 163 Å². The number of para-hydroxylation sites is 1. The fourth-order valence-electron chi connectivity index (χ4n) is 8.37. The van der Waals surface area contributed by atoms with Gasteiger partial charge in [-0.25, -0.2) is 0 Å². The Kier molecular flexibility index (Phi) is 5.12. The molecule has 0 fully saturated rings. The maximum Gasteiger partial charge on any atom is 0.0584 e. The molecule has 1 aliphatic rings. The Bertz CT molecular complexity index is 2570. The molecule has 46 heavy (non-hydrogen) atoms. The van der Waals surface area contributed by atoms with E-state index in [0.717, 1.165) is 0 Å².